The molecule has 0 spiro atoms. The third-order valence-electron chi connectivity index (χ3n) is 6.27. The monoisotopic (exact) mass is 429 g/mol. The molecule has 1 aromatic heterocycles. The highest BCUT2D eigenvalue weighted by Crippen LogP contribution is 2.38. The van der Waals surface area contributed by atoms with E-state index in [0.29, 0.717) is 24.3 Å². The summed E-state index contributed by atoms with van der Waals surface area (Å²) in [6.07, 6.45) is 5.44. The normalized spacial score (nSPS) is 15.8. The molecule has 4 nitrogen and oxygen atoms in total. The molecule has 2 aromatic carbocycles. The van der Waals surface area contributed by atoms with E-state index < -0.39 is 0 Å². The first-order valence-corrected chi connectivity index (χ1v) is 11.1. The maximum Gasteiger partial charge on any atom is 0.253 e. The number of carbonyl (C=O) groups excluding carboxylic acids is 1. The van der Waals surface area contributed by atoms with Crippen molar-refractivity contribution in [3.8, 4) is 0 Å². The number of fused-ring (bicyclic) bond motifs is 2. The number of nitrogens with zero attached hydrogens (tertiary/aromatic N) is 2. The number of aromatic nitrogens is 1. The third kappa shape index (κ3) is 3.84. The highest BCUT2D eigenvalue weighted by Gasteiger charge is 2.27. The molecule has 31 heavy (non-hydrogen) atoms. The maximum atomic E-state index is 13.0. The zero-order chi connectivity index (χ0) is 21.4. The molecule has 0 atom stereocenters. The Labute approximate surface area is 187 Å². The molecule has 2 aliphatic rings. The molecule has 0 bridgehead atoms. The van der Waals surface area contributed by atoms with Crippen molar-refractivity contribution in [3.63, 3.8) is 0 Å². The molecule has 0 saturated carbocycles. The van der Waals surface area contributed by atoms with Crippen LogP contribution in [0.5, 0.6) is 0 Å². The molecule has 156 valence electrons. The predicted molar refractivity (Wildman–Crippen MR) is 125 cm³/mol. The van der Waals surface area contributed by atoms with Gasteiger partial charge in [0.2, 0.25) is 0 Å². The Bertz CT molecular complexity index is 1190. The van der Waals surface area contributed by atoms with Crippen molar-refractivity contribution in [1.29, 1.82) is 0 Å². The van der Waals surface area contributed by atoms with Crippen LogP contribution in [0.2, 0.25) is 5.02 Å². The quantitative estimate of drug-likeness (QED) is 0.544. The number of nitrogens with two attached hydrogens (primary N) is 1. The average Bonchev–Trinajstić information content (AvgIpc) is 2.95. The zero-order valence-corrected chi connectivity index (χ0v) is 18.0. The molecule has 0 radical (unpaired) electrons. The molecule has 2 heterocycles. The third-order valence-corrected chi connectivity index (χ3v) is 6.50. The molecule has 1 fully saturated rings. The summed E-state index contributed by atoms with van der Waals surface area (Å²) in [4.78, 5) is 19.7. The van der Waals surface area contributed by atoms with Gasteiger partial charge >= 0.3 is 0 Å². The van der Waals surface area contributed by atoms with Crippen molar-refractivity contribution in [3.05, 3.63) is 99.3 Å². The van der Waals surface area contributed by atoms with Gasteiger partial charge < -0.3 is 10.6 Å². The number of amides is 1. The summed E-state index contributed by atoms with van der Waals surface area (Å²) < 4.78 is 0. The summed E-state index contributed by atoms with van der Waals surface area (Å²) in [6, 6.07) is 17.6. The minimum absolute atomic E-state index is 0.0444. The molecule has 5 heteroatoms. The van der Waals surface area contributed by atoms with Crippen molar-refractivity contribution in [2.45, 2.75) is 25.7 Å². The number of carbonyl (C=O) groups is 1. The van der Waals surface area contributed by atoms with Crippen LogP contribution in [0.25, 0.3) is 5.57 Å². The van der Waals surface area contributed by atoms with Crippen molar-refractivity contribution in [1.82, 2.24) is 9.88 Å². The van der Waals surface area contributed by atoms with Crippen LogP contribution in [0.15, 0.2) is 66.4 Å². The number of hydrogen-bond acceptors (Lipinski definition) is 3. The van der Waals surface area contributed by atoms with E-state index in [9.17, 15) is 4.79 Å². The number of nitrogen functional groups attached to an aromatic ring is 1. The fourth-order valence-corrected chi connectivity index (χ4v) is 4.91. The molecule has 5 rings (SSSR count). The van der Waals surface area contributed by atoms with Crippen LogP contribution >= 0.6 is 11.6 Å². The number of pyridine rings is 1. The van der Waals surface area contributed by atoms with Gasteiger partial charge in [-0.25, -0.2) is 0 Å². The minimum Gasteiger partial charge on any atom is -0.399 e. The second kappa shape index (κ2) is 8.20. The van der Waals surface area contributed by atoms with Gasteiger partial charge in [-0.1, -0.05) is 35.4 Å². The molecule has 1 saturated heterocycles. The number of halogens is 1. The summed E-state index contributed by atoms with van der Waals surface area (Å²) in [7, 11) is 0. The van der Waals surface area contributed by atoms with Crippen molar-refractivity contribution >= 4 is 28.8 Å². The van der Waals surface area contributed by atoms with E-state index in [-0.39, 0.29) is 5.91 Å². The number of rotatable bonds is 1. The lowest BCUT2D eigenvalue weighted by Gasteiger charge is -2.30. The van der Waals surface area contributed by atoms with Crippen LogP contribution in [-0.2, 0) is 12.8 Å². The first-order chi connectivity index (χ1) is 15.1. The van der Waals surface area contributed by atoms with Gasteiger partial charge in [0.1, 0.15) is 0 Å². The standard InChI is InChI=1S/C26H24ClN3O/c27-21-8-9-23-19(15-21)7-6-18-4-2-12-29-25(18)24(23)17-10-13-30(14-11-17)26(31)20-3-1-5-22(28)16-20/h1-5,8-9,12,15-16H,6-7,10-11,13-14,28H2. The molecule has 2 N–H and O–H groups in total. The highest BCUT2D eigenvalue weighted by molar-refractivity contribution is 6.30. The first kappa shape index (κ1) is 19.8. The van der Waals surface area contributed by atoms with Crippen molar-refractivity contribution in [2.75, 3.05) is 18.8 Å². The molecule has 1 amide bonds. The summed E-state index contributed by atoms with van der Waals surface area (Å²) in [6.45, 7) is 1.38. The Balaban J connectivity index is 1.50. The van der Waals surface area contributed by atoms with Crippen LogP contribution < -0.4 is 5.73 Å². The van der Waals surface area contributed by atoms with E-state index in [2.05, 4.69) is 18.2 Å². The van der Waals surface area contributed by atoms with E-state index in [4.69, 9.17) is 22.3 Å². The van der Waals surface area contributed by atoms with Gasteiger partial charge in [0, 0.05) is 41.1 Å². The van der Waals surface area contributed by atoms with Gasteiger partial charge in [-0.15, -0.1) is 0 Å². The lowest BCUT2D eigenvalue weighted by molar-refractivity contribution is 0.0744. The van der Waals surface area contributed by atoms with E-state index in [0.717, 1.165) is 36.4 Å². The number of aryl methyl sites for hydroxylation is 2. The SMILES string of the molecule is Nc1cccc(C(=O)N2CCC(=C3c4ccc(Cl)cc4CCc4cccnc43)CC2)c1. The lowest BCUT2D eigenvalue weighted by atomic mass is 9.88. The van der Waals surface area contributed by atoms with Crippen LogP contribution in [0.3, 0.4) is 0 Å². The number of benzene rings is 2. The van der Waals surface area contributed by atoms with Gasteiger partial charge in [0.15, 0.2) is 0 Å². The van der Waals surface area contributed by atoms with Crippen LogP contribution in [-0.4, -0.2) is 28.9 Å². The minimum atomic E-state index is 0.0444. The number of piperidine rings is 1. The lowest BCUT2D eigenvalue weighted by Crippen LogP contribution is -2.36. The number of likely N-dealkylation sites (tertiary alicyclic amines) is 1. The Morgan fingerprint density at radius 3 is 2.55 bits per heavy atom. The fraction of sp³-hybridized carbons (Fsp3) is 0.231. The van der Waals surface area contributed by atoms with Crippen molar-refractivity contribution < 1.29 is 4.79 Å². The summed E-state index contributed by atoms with van der Waals surface area (Å²) in [5, 5.41) is 0.768. The Kier molecular flexibility index (Phi) is 5.24. The van der Waals surface area contributed by atoms with Crippen LogP contribution in [0.1, 0.15) is 45.6 Å². The summed E-state index contributed by atoms with van der Waals surface area (Å²) in [5.41, 5.74) is 14.6. The molecular formula is C26H24ClN3O. The van der Waals surface area contributed by atoms with Gasteiger partial charge in [0.05, 0.1) is 5.69 Å². The van der Waals surface area contributed by atoms with E-state index >= 15 is 0 Å². The Morgan fingerprint density at radius 2 is 1.74 bits per heavy atom. The summed E-state index contributed by atoms with van der Waals surface area (Å²) in [5.74, 6) is 0.0444. The highest BCUT2D eigenvalue weighted by atomic mass is 35.5. The fourth-order valence-electron chi connectivity index (χ4n) is 4.72. The molecular weight excluding hydrogens is 406 g/mol. The molecule has 3 aromatic rings. The number of anilines is 1. The number of hydrogen-bond donors (Lipinski definition) is 1. The second-order valence-electron chi connectivity index (χ2n) is 8.21. The maximum absolute atomic E-state index is 13.0. The van der Waals surface area contributed by atoms with Gasteiger partial charge in [0.25, 0.3) is 5.91 Å². The van der Waals surface area contributed by atoms with E-state index in [1.165, 1.54) is 27.8 Å². The van der Waals surface area contributed by atoms with Crippen LogP contribution in [0, 0.1) is 0 Å². The Hall–Kier alpha value is -3.11. The zero-order valence-electron chi connectivity index (χ0n) is 17.3. The van der Waals surface area contributed by atoms with E-state index in [1.807, 2.05) is 35.4 Å². The van der Waals surface area contributed by atoms with E-state index in [1.54, 1.807) is 12.1 Å². The first-order valence-electron chi connectivity index (χ1n) is 10.7. The topological polar surface area (TPSA) is 59.2 Å². The van der Waals surface area contributed by atoms with Gasteiger partial charge in [-0.3, -0.25) is 9.78 Å². The second-order valence-corrected chi connectivity index (χ2v) is 8.65. The van der Waals surface area contributed by atoms with Crippen LogP contribution in [0.4, 0.5) is 5.69 Å². The molecule has 1 aliphatic heterocycles. The smallest absolute Gasteiger partial charge is 0.253 e. The predicted octanol–water partition coefficient (Wildman–Crippen LogP) is 5.15. The van der Waals surface area contributed by atoms with Gasteiger partial charge in [-0.2, -0.15) is 0 Å². The van der Waals surface area contributed by atoms with Gasteiger partial charge in [-0.05, 0) is 78.8 Å². The van der Waals surface area contributed by atoms with Crippen molar-refractivity contribution in [2.24, 2.45) is 0 Å². The Morgan fingerprint density at radius 1 is 0.935 bits per heavy atom. The molecule has 0 unspecified atom stereocenters. The average molecular weight is 430 g/mol. The molecule has 1 aliphatic carbocycles. The summed E-state index contributed by atoms with van der Waals surface area (Å²) >= 11 is 6.31. The largest absolute Gasteiger partial charge is 0.399 e.